The zero-order valence-corrected chi connectivity index (χ0v) is 40.3. The molecular weight excluding hydrogens is 995 g/mol. The Morgan fingerprint density at radius 3 is 2.15 bits per heavy atom. The van der Waals surface area contributed by atoms with Crippen molar-refractivity contribution in [3.05, 3.63) is 157 Å². The minimum Gasteiger partial charge on any atom is 0 e. The van der Waals surface area contributed by atoms with Gasteiger partial charge in [0.15, 0.2) is 0 Å². The van der Waals surface area contributed by atoms with Gasteiger partial charge < -0.3 is 4.57 Å². The first-order valence-electron chi connectivity index (χ1n) is 20.0. The Kier molecular flexibility index (Phi) is 11.3. The average molecular weight is 1040 g/mol. The topological polar surface area (TPSA) is 69.6 Å². The number of hydrogen-bond acceptors (Lipinski definition) is 6. The third kappa shape index (κ3) is 7.90. The number of oxazole rings is 1. The Balaban J connectivity index is 0.000000193. The van der Waals surface area contributed by atoms with Crippen LogP contribution in [0.25, 0.3) is 82.0 Å². The van der Waals surface area contributed by atoms with E-state index < -0.39 is 13.3 Å². The number of hydrogen-bond donors (Lipinski definition) is 0. The maximum absolute atomic E-state index is 5.72. The fourth-order valence-electron chi connectivity index (χ4n) is 7.80. The second kappa shape index (κ2) is 16.3. The van der Waals surface area contributed by atoms with E-state index in [1.165, 1.54) is 20.9 Å². The Morgan fingerprint density at radius 2 is 1.42 bits per heavy atom. The summed E-state index contributed by atoms with van der Waals surface area (Å²) in [4.78, 5) is 20.2. The van der Waals surface area contributed by atoms with Crippen molar-refractivity contribution in [1.82, 2.24) is 24.5 Å². The van der Waals surface area contributed by atoms with Crippen molar-refractivity contribution in [2.24, 2.45) is 0 Å². The van der Waals surface area contributed by atoms with Crippen LogP contribution in [-0.2, 0) is 25.5 Å². The first kappa shape index (κ1) is 41.5. The van der Waals surface area contributed by atoms with Gasteiger partial charge in [-0.05, 0) is 51.4 Å². The third-order valence-electron chi connectivity index (χ3n) is 10.8. The molecule has 0 aliphatic carbocycles. The van der Waals surface area contributed by atoms with Crippen LogP contribution in [0.1, 0.15) is 37.8 Å². The quantitative estimate of drug-likeness (QED) is 0.127. The van der Waals surface area contributed by atoms with Crippen LogP contribution < -0.4 is 4.40 Å². The second-order valence-electron chi connectivity index (χ2n) is 17.1. The predicted molar refractivity (Wildman–Crippen MR) is 249 cm³/mol. The molecule has 301 valence electrons. The molecule has 5 aromatic heterocycles. The maximum atomic E-state index is 5.72. The monoisotopic (exact) mass is 1040 g/mol. The van der Waals surface area contributed by atoms with Crippen LogP contribution in [0.2, 0.25) is 17.3 Å². The van der Waals surface area contributed by atoms with Crippen LogP contribution in [0.15, 0.2) is 132 Å². The summed E-state index contributed by atoms with van der Waals surface area (Å²) in [5, 5.41) is 2.35. The SMILES string of the molecule is CC(C)(C)c1ccc(-n2c(-c3[c-]ccc4c3sc3nc(-c5ccccc5)ccc34)nc3ccccc32)cc1.Cc1nc2cc[c-]c(-c3cc(C)[c]([Ge]([CH3])([CH3])[CH3])cn3)c2o1.[Ir]. The molecule has 10 aromatic rings. The number of aryl methyl sites for hydroxylation is 2. The molecule has 0 atom stereocenters. The van der Waals surface area contributed by atoms with Gasteiger partial charge in [0.05, 0.1) is 22.6 Å². The minimum absolute atomic E-state index is 0. The zero-order chi connectivity index (χ0) is 41.1. The van der Waals surface area contributed by atoms with E-state index in [-0.39, 0.29) is 25.5 Å². The van der Waals surface area contributed by atoms with E-state index in [9.17, 15) is 0 Å². The summed E-state index contributed by atoms with van der Waals surface area (Å²) in [5.41, 5.74) is 12.4. The minimum atomic E-state index is -1.87. The molecule has 0 aliphatic rings. The first-order chi connectivity index (χ1) is 28.3. The van der Waals surface area contributed by atoms with Crippen LogP contribution >= 0.6 is 11.3 Å². The summed E-state index contributed by atoms with van der Waals surface area (Å²) in [6, 6.07) is 48.8. The number of thiophene rings is 1. The molecule has 0 unspecified atom stereocenters. The van der Waals surface area contributed by atoms with Crippen molar-refractivity contribution in [3.8, 4) is 39.6 Å². The van der Waals surface area contributed by atoms with Crippen molar-refractivity contribution in [1.29, 1.82) is 0 Å². The van der Waals surface area contributed by atoms with Gasteiger partial charge in [0.2, 0.25) is 0 Å². The summed E-state index contributed by atoms with van der Waals surface area (Å²) >= 11 is -0.152. The Hall–Kier alpha value is -5.25. The van der Waals surface area contributed by atoms with Gasteiger partial charge in [-0.1, -0.05) is 92.4 Å². The van der Waals surface area contributed by atoms with Gasteiger partial charge in [0.1, 0.15) is 4.83 Å². The molecule has 5 heterocycles. The van der Waals surface area contributed by atoms with E-state index in [0.717, 1.165) is 76.6 Å². The number of benzene rings is 5. The van der Waals surface area contributed by atoms with Crippen LogP contribution in [0, 0.1) is 26.0 Å². The number of pyridine rings is 2. The Bertz CT molecular complexity index is 3150. The molecular formula is C51H45GeIrN5OS-2. The van der Waals surface area contributed by atoms with Crippen molar-refractivity contribution in [2.45, 2.75) is 57.3 Å². The number of nitrogens with zero attached hydrogens (tertiary/aromatic N) is 5. The van der Waals surface area contributed by atoms with Crippen LogP contribution in [0.5, 0.6) is 0 Å². The molecule has 9 heteroatoms. The molecule has 5 aromatic carbocycles. The second-order valence-corrected chi connectivity index (χ2v) is 28.7. The van der Waals surface area contributed by atoms with E-state index in [1.807, 2.05) is 43.5 Å². The molecule has 10 rings (SSSR count). The molecule has 0 saturated heterocycles. The molecule has 1 radical (unpaired) electrons. The largest absolute Gasteiger partial charge is 0 e. The molecule has 0 saturated carbocycles. The molecule has 0 bridgehead atoms. The van der Waals surface area contributed by atoms with E-state index >= 15 is 0 Å². The van der Waals surface area contributed by atoms with Crippen LogP contribution in [-0.4, -0.2) is 37.8 Å². The van der Waals surface area contributed by atoms with Gasteiger partial charge in [0, 0.05) is 31.4 Å². The summed E-state index contributed by atoms with van der Waals surface area (Å²) in [5.74, 6) is 8.72. The summed E-state index contributed by atoms with van der Waals surface area (Å²) in [6.07, 6.45) is 2.04. The van der Waals surface area contributed by atoms with Gasteiger partial charge in [-0.25, -0.2) is 4.98 Å². The molecule has 0 aliphatic heterocycles. The molecule has 0 amide bonds. The fourth-order valence-corrected chi connectivity index (χ4v) is 12.5. The van der Waals surface area contributed by atoms with Gasteiger partial charge in [-0.15, -0.1) is 18.2 Å². The van der Waals surface area contributed by atoms with Gasteiger partial charge in [-0.3, -0.25) is 4.98 Å². The van der Waals surface area contributed by atoms with Gasteiger partial charge >= 0.3 is 127 Å². The van der Waals surface area contributed by atoms with Crippen molar-refractivity contribution in [3.63, 3.8) is 0 Å². The van der Waals surface area contributed by atoms with E-state index in [0.29, 0.717) is 5.89 Å². The van der Waals surface area contributed by atoms with E-state index in [4.69, 9.17) is 14.4 Å². The average Bonchev–Trinajstić information content (AvgIpc) is 3.92. The standard InChI is InChI=1S/C34H26N3S.C17H19GeN2O.Ir/c1-34(2,3)23-16-18-24(19-17-23)37-30-15-8-7-14-29(30)35-32(37)27-13-9-12-25-26-20-21-28(22-10-5-4-6-11-22)36-33(26)38-31(25)27;1-11-9-16(19-10-14(11)18(3,4)5)13-7-6-8-15-17(13)21-12(2)20-15;/h4-12,14-21H,1-3H3;6,8-10H,1-5H3;/q2*-1;. The molecule has 60 heavy (non-hydrogen) atoms. The molecule has 0 spiro atoms. The Labute approximate surface area is 371 Å². The van der Waals surface area contributed by atoms with Crippen LogP contribution in [0.4, 0.5) is 0 Å². The van der Waals surface area contributed by atoms with E-state index in [2.05, 4.69) is 163 Å². The number of para-hydroxylation sites is 2. The summed E-state index contributed by atoms with van der Waals surface area (Å²) < 4.78 is 10.6. The fraction of sp³-hybridized carbons (Fsp3) is 0.176. The van der Waals surface area contributed by atoms with Crippen molar-refractivity contribution >= 4 is 71.4 Å². The number of rotatable bonds is 5. The smallest absolute Gasteiger partial charge is 0 e. The third-order valence-corrected chi connectivity index (χ3v) is 16.4. The van der Waals surface area contributed by atoms with Crippen molar-refractivity contribution in [2.75, 3.05) is 0 Å². The maximum Gasteiger partial charge on any atom is 0 e. The predicted octanol–water partition coefficient (Wildman–Crippen LogP) is 13.1. The van der Waals surface area contributed by atoms with Crippen LogP contribution in [0.3, 0.4) is 0 Å². The van der Waals surface area contributed by atoms with Crippen molar-refractivity contribution < 1.29 is 24.5 Å². The summed E-state index contributed by atoms with van der Waals surface area (Å²) in [6.45, 7) is 10.8. The first-order valence-corrected chi connectivity index (χ1v) is 28.1. The number of aromatic nitrogens is 5. The molecule has 0 N–H and O–H groups in total. The molecule has 6 nitrogen and oxygen atoms in total. The molecule has 0 fully saturated rings. The number of fused-ring (bicyclic) bond motifs is 5. The van der Waals surface area contributed by atoms with E-state index in [1.54, 1.807) is 11.3 Å². The zero-order valence-electron chi connectivity index (χ0n) is 35.0. The Morgan fingerprint density at radius 1 is 0.700 bits per heavy atom. The normalized spacial score (nSPS) is 11.9. The van der Waals surface area contributed by atoms with Gasteiger partial charge in [0.25, 0.3) is 0 Å². The van der Waals surface area contributed by atoms with Gasteiger partial charge in [-0.2, -0.15) is 11.3 Å². The summed E-state index contributed by atoms with van der Waals surface area (Å²) in [7, 11) is 0. The number of imidazole rings is 1.